The van der Waals surface area contributed by atoms with E-state index in [1.807, 2.05) is 20.8 Å². The normalized spacial score (nSPS) is 11.4. The lowest BCUT2D eigenvalue weighted by Crippen LogP contribution is -2.28. The maximum Gasteiger partial charge on any atom is 0.352 e. The molecule has 3 aromatic rings. The lowest BCUT2D eigenvalue weighted by molar-refractivity contribution is -0.132. The highest BCUT2D eigenvalue weighted by Crippen LogP contribution is 2.27. The van der Waals surface area contributed by atoms with Gasteiger partial charge < -0.3 is 20.8 Å². The number of benzene rings is 2. The maximum absolute atomic E-state index is 12.8. The van der Waals surface area contributed by atoms with E-state index in [1.54, 1.807) is 24.3 Å². The molecule has 0 saturated heterocycles. The summed E-state index contributed by atoms with van der Waals surface area (Å²) in [6.07, 6.45) is 1.41. The van der Waals surface area contributed by atoms with E-state index in [1.165, 1.54) is 35.6 Å². The number of aromatic hydroxyl groups is 1. The van der Waals surface area contributed by atoms with Crippen molar-refractivity contribution in [3.05, 3.63) is 84.9 Å². The van der Waals surface area contributed by atoms with Crippen molar-refractivity contribution >= 4 is 51.1 Å². The van der Waals surface area contributed by atoms with E-state index in [4.69, 9.17) is 0 Å². The number of nitrogens with one attached hydrogen (secondary N) is 2. The lowest BCUT2D eigenvalue weighted by atomic mass is 10.1. The third-order valence-electron chi connectivity index (χ3n) is 4.93. The Balaban J connectivity index is 1.75. The van der Waals surface area contributed by atoms with Crippen molar-refractivity contribution in [1.82, 2.24) is 15.6 Å². The van der Waals surface area contributed by atoms with Crippen LogP contribution in [0.5, 0.6) is 5.75 Å². The van der Waals surface area contributed by atoms with Crippen LogP contribution in [0.3, 0.4) is 0 Å². The molecule has 8 nitrogen and oxygen atoms in total. The summed E-state index contributed by atoms with van der Waals surface area (Å²) in [6.45, 7) is 5.98. The van der Waals surface area contributed by atoms with Crippen molar-refractivity contribution in [3.8, 4) is 5.75 Å². The van der Waals surface area contributed by atoms with Gasteiger partial charge in [-0.2, -0.15) is 0 Å². The molecular weight excluding hydrogens is 534 g/mol. The summed E-state index contributed by atoms with van der Waals surface area (Å²) in [7, 11) is 0. The molecule has 0 aliphatic carbocycles. The first-order valence-corrected chi connectivity index (χ1v) is 12.3. The third-order valence-corrected chi connectivity index (χ3v) is 6.52. The zero-order chi connectivity index (χ0) is 25.7. The van der Waals surface area contributed by atoms with Gasteiger partial charge in [0.15, 0.2) is 0 Å². The van der Waals surface area contributed by atoms with Crippen molar-refractivity contribution in [2.75, 3.05) is 0 Å². The van der Waals surface area contributed by atoms with E-state index in [0.29, 0.717) is 14.9 Å². The van der Waals surface area contributed by atoms with Crippen molar-refractivity contribution in [1.29, 1.82) is 0 Å². The molecule has 0 aliphatic heterocycles. The Bertz CT molecular complexity index is 1320. The molecule has 0 saturated carbocycles. The summed E-state index contributed by atoms with van der Waals surface area (Å²) in [6, 6.07) is 11.0. The molecule has 3 rings (SSSR count). The average molecular weight is 558 g/mol. The van der Waals surface area contributed by atoms with Crippen molar-refractivity contribution in [2.24, 2.45) is 0 Å². The summed E-state index contributed by atoms with van der Waals surface area (Å²) >= 11 is 4.65. The third kappa shape index (κ3) is 6.77. The second-order valence-electron chi connectivity index (χ2n) is 8.00. The lowest BCUT2D eigenvalue weighted by Gasteiger charge is -2.10. The van der Waals surface area contributed by atoms with Gasteiger partial charge in [0, 0.05) is 16.6 Å². The number of phenolic OH excluding ortho intramolecular Hbond substituents is 1. The van der Waals surface area contributed by atoms with E-state index in [-0.39, 0.29) is 35.4 Å². The van der Waals surface area contributed by atoms with Crippen LogP contribution in [-0.4, -0.2) is 33.0 Å². The molecule has 0 unspecified atom stereocenters. The number of rotatable bonds is 8. The molecule has 0 aliphatic rings. The minimum Gasteiger partial charge on any atom is -0.508 e. The summed E-state index contributed by atoms with van der Waals surface area (Å²) < 4.78 is 0.334. The molecule has 10 heteroatoms. The van der Waals surface area contributed by atoms with E-state index in [2.05, 4.69) is 31.5 Å². The van der Waals surface area contributed by atoms with E-state index in [0.717, 1.165) is 16.3 Å². The van der Waals surface area contributed by atoms with Crippen LogP contribution in [0.25, 0.3) is 6.08 Å². The number of aromatic nitrogens is 1. The number of carboxylic acid groups (broad SMARTS) is 1. The molecule has 0 fully saturated rings. The van der Waals surface area contributed by atoms with Gasteiger partial charge in [-0.25, -0.2) is 9.78 Å². The standard InChI is InChI=1S/C25H24BrN3O5S/c1-13(2)22-21(35-14(3)28-22)11-20(25(33)34)29-24(32)18-8-7-16(10-19(18)26)23(31)27-12-15-5-4-6-17(30)9-15/h4-11,13,30H,12H2,1-3H3,(H,27,31)(H,29,32)(H,33,34)/b20-11+. The fourth-order valence-electron chi connectivity index (χ4n) is 3.24. The van der Waals surface area contributed by atoms with Crippen LogP contribution in [0.1, 0.15) is 61.6 Å². The highest BCUT2D eigenvalue weighted by atomic mass is 79.9. The van der Waals surface area contributed by atoms with Gasteiger partial charge in [0.05, 0.1) is 21.1 Å². The minimum atomic E-state index is -1.28. The number of aryl methyl sites for hydroxylation is 1. The molecular formula is C25H24BrN3O5S. The van der Waals surface area contributed by atoms with Crippen molar-refractivity contribution in [3.63, 3.8) is 0 Å². The monoisotopic (exact) mass is 557 g/mol. The Hall–Kier alpha value is -3.50. The highest BCUT2D eigenvalue weighted by molar-refractivity contribution is 9.10. The van der Waals surface area contributed by atoms with Crippen molar-refractivity contribution in [2.45, 2.75) is 33.2 Å². The predicted octanol–water partition coefficient (Wildman–Crippen LogP) is 4.83. The van der Waals surface area contributed by atoms with Gasteiger partial charge in [-0.15, -0.1) is 11.3 Å². The number of carbonyl (C=O) groups is 3. The number of phenols is 1. The van der Waals surface area contributed by atoms with Crippen LogP contribution < -0.4 is 10.6 Å². The summed E-state index contributed by atoms with van der Waals surface area (Å²) in [5, 5.41) is 25.2. The number of nitrogens with zero attached hydrogens (tertiary/aromatic N) is 1. The van der Waals surface area contributed by atoms with Crippen LogP contribution >= 0.6 is 27.3 Å². The van der Waals surface area contributed by atoms with Gasteiger partial charge in [-0.05, 0) is 70.7 Å². The molecule has 182 valence electrons. The van der Waals surface area contributed by atoms with Crippen LogP contribution in [0.4, 0.5) is 0 Å². The smallest absolute Gasteiger partial charge is 0.352 e. The Morgan fingerprint density at radius 3 is 2.51 bits per heavy atom. The van der Waals surface area contributed by atoms with E-state index in [9.17, 15) is 24.6 Å². The van der Waals surface area contributed by atoms with Gasteiger partial charge in [-0.1, -0.05) is 26.0 Å². The molecule has 2 amide bonds. The number of carbonyl (C=O) groups excluding carboxylic acids is 2. The zero-order valence-electron chi connectivity index (χ0n) is 19.3. The largest absolute Gasteiger partial charge is 0.508 e. The second-order valence-corrected chi connectivity index (χ2v) is 10.1. The summed E-state index contributed by atoms with van der Waals surface area (Å²) in [4.78, 5) is 42.3. The first-order valence-electron chi connectivity index (χ1n) is 10.6. The summed E-state index contributed by atoms with van der Waals surface area (Å²) in [5.74, 6) is -2.08. The minimum absolute atomic E-state index is 0.0948. The van der Waals surface area contributed by atoms with Crippen LogP contribution in [-0.2, 0) is 11.3 Å². The fourth-order valence-corrected chi connectivity index (χ4v) is 4.82. The van der Waals surface area contributed by atoms with Gasteiger partial charge in [-0.3, -0.25) is 9.59 Å². The number of carboxylic acids is 1. The Labute approximate surface area is 214 Å². The molecule has 1 heterocycles. The topological polar surface area (TPSA) is 129 Å². The molecule has 0 bridgehead atoms. The SMILES string of the molecule is Cc1nc(C(C)C)c(/C=C(/NC(=O)c2ccc(C(=O)NCc3cccc(O)c3)cc2Br)C(=O)O)s1. The van der Waals surface area contributed by atoms with Crippen LogP contribution in [0.15, 0.2) is 52.6 Å². The van der Waals surface area contributed by atoms with Gasteiger partial charge in [0.2, 0.25) is 0 Å². The maximum atomic E-state index is 12.8. The number of aliphatic carboxylic acids is 1. The molecule has 0 radical (unpaired) electrons. The molecule has 0 atom stereocenters. The van der Waals surface area contributed by atoms with E-state index < -0.39 is 11.9 Å². The molecule has 2 aromatic carbocycles. The average Bonchev–Trinajstić information content (AvgIpc) is 3.17. The fraction of sp³-hybridized carbons (Fsp3) is 0.200. The zero-order valence-corrected chi connectivity index (χ0v) is 21.7. The van der Waals surface area contributed by atoms with Gasteiger partial charge in [0.25, 0.3) is 11.8 Å². The quantitative estimate of drug-likeness (QED) is 0.293. The molecule has 4 N–H and O–H groups in total. The first-order chi connectivity index (χ1) is 16.5. The van der Waals surface area contributed by atoms with Crippen molar-refractivity contribution < 1.29 is 24.6 Å². The predicted molar refractivity (Wildman–Crippen MR) is 137 cm³/mol. The van der Waals surface area contributed by atoms with Gasteiger partial charge >= 0.3 is 5.97 Å². The highest BCUT2D eigenvalue weighted by Gasteiger charge is 2.19. The molecule has 1 aromatic heterocycles. The summed E-state index contributed by atoms with van der Waals surface area (Å²) in [5.41, 5.74) is 1.71. The molecule has 35 heavy (non-hydrogen) atoms. The van der Waals surface area contributed by atoms with Crippen LogP contribution in [0.2, 0.25) is 0 Å². The Kier molecular flexibility index (Phi) is 8.42. The number of thiazole rings is 1. The van der Waals surface area contributed by atoms with Crippen LogP contribution in [0, 0.1) is 6.92 Å². The number of halogens is 1. The Morgan fingerprint density at radius 2 is 1.89 bits per heavy atom. The molecule has 0 spiro atoms. The van der Waals surface area contributed by atoms with Gasteiger partial charge in [0.1, 0.15) is 11.4 Å². The second kappa shape index (κ2) is 11.3. The van der Waals surface area contributed by atoms with E-state index >= 15 is 0 Å². The number of hydrogen-bond acceptors (Lipinski definition) is 6. The first kappa shape index (κ1) is 26.1. The Morgan fingerprint density at radius 1 is 1.14 bits per heavy atom. The number of hydrogen-bond donors (Lipinski definition) is 4. The number of amides is 2.